The number of aryl methyl sites for hydroxylation is 1. The highest BCUT2D eigenvalue weighted by atomic mass is 35.5. The van der Waals surface area contributed by atoms with Crippen LogP contribution in [0, 0.1) is 16.7 Å². The third-order valence-corrected chi connectivity index (χ3v) is 4.74. The summed E-state index contributed by atoms with van der Waals surface area (Å²) in [5.74, 6) is 1.74. The Morgan fingerprint density at radius 2 is 1.88 bits per heavy atom. The summed E-state index contributed by atoms with van der Waals surface area (Å²) >= 11 is 5.61. The van der Waals surface area contributed by atoms with Crippen molar-refractivity contribution < 1.29 is 4.42 Å². The molecule has 96 valence electrons. The van der Waals surface area contributed by atoms with E-state index < -0.39 is 0 Å². The van der Waals surface area contributed by atoms with Gasteiger partial charge in [0, 0.05) is 18.8 Å². The molecule has 5 heteroatoms. The summed E-state index contributed by atoms with van der Waals surface area (Å²) in [5.41, 5.74) is 0.748. The summed E-state index contributed by atoms with van der Waals surface area (Å²) in [5, 5.41) is 11.1. The van der Waals surface area contributed by atoms with Gasteiger partial charge in [-0.25, -0.2) is 0 Å². The second-order valence-corrected chi connectivity index (χ2v) is 6.19. The zero-order valence-corrected chi connectivity index (χ0v) is 11.6. The fraction of sp³-hybridized carbons (Fsp3) is 0.833. The van der Waals surface area contributed by atoms with Gasteiger partial charge in [0.05, 0.1) is 0 Å². The maximum Gasteiger partial charge on any atom is 0.315 e. The molecule has 1 heterocycles. The van der Waals surface area contributed by atoms with Crippen molar-refractivity contribution in [3.05, 3.63) is 5.89 Å². The van der Waals surface area contributed by atoms with Crippen molar-refractivity contribution in [3.63, 3.8) is 0 Å². The fourth-order valence-electron chi connectivity index (χ4n) is 2.54. The summed E-state index contributed by atoms with van der Waals surface area (Å²) in [7, 11) is 0. The second kappa shape index (κ2) is 4.16. The van der Waals surface area contributed by atoms with Crippen molar-refractivity contribution in [1.29, 1.82) is 0 Å². The Kier molecular flexibility index (Phi) is 3.10. The molecule has 17 heavy (non-hydrogen) atoms. The Balaban J connectivity index is 1.87. The number of alkyl halides is 1. The fourth-order valence-corrected chi connectivity index (χ4v) is 2.70. The minimum absolute atomic E-state index is 0.374. The molecule has 1 saturated carbocycles. The third kappa shape index (κ3) is 2.15. The molecule has 4 nitrogen and oxygen atoms in total. The lowest BCUT2D eigenvalue weighted by molar-refractivity contribution is 0.457. The van der Waals surface area contributed by atoms with Crippen LogP contribution in [0.15, 0.2) is 4.42 Å². The Hall–Kier alpha value is -0.770. The quantitative estimate of drug-likeness (QED) is 0.824. The molecule has 0 aromatic carbocycles. The lowest BCUT2D eigenvalue weighted by Gasteiger charge is -2.04. The van der Waals surface area contributed by atoms with Gasteiger partial charge in [0.25, 0.3) is 0 Å². The molecule has 0 bridgehead atoms. The summed E-state index contributed by atoms with van der Waals surface area (Å²) in [4.78, 5) is 0. The van der Waals surface area contributed by atoms with Gasteiger partial charge in [0.1, 0.15) is 0 Å². The van der Waals surface area contributed by atoms with Crippen LogP contribution in [0.25, 0.3) is 0 Å². The molecule has 2 rings (SSSR count). The number of hydrogen-bond donors (Lipinski definition) is 1. The first kappa shape index (κ1) is 12.7. The van der Waals surface area contributed by atoms with E-state index in [0.717, 1.165) is 6.54 Å². The van der Waals surface area contributed by atoms with E-state index in [-0.39, 0.29) is 0 Å². The van der Waals surface area contributed by atoms with E-state index in [1.807, 2.05) is 0 Å². The van der Waals surface area contributed by atoms with Crippen LogP contribution in [0.1, 0.15) is 33.6 Å². The van der Waals surface area contributed by atoms with Crippen LogP contribution in [0.2, 0.25) is 0 Å². The molecule has 0 spiro atoms. The molecule has 0 unspecified atom stereocenters. The predicted octanol–water partition coefficient (Wildman–Crippen LogP) is 2.95. The molecule has 0 radical (unpaired) electrons. The smallest absolute Gasteiger partial charge is 0.315 e. The highest BCUT2D eigenvalue weighted by molar-refractivity contribution is 6.17. The number of halogens is 1. The summed E-state index contributed by atoms with van der Waals surface area (Å²) in [6, 6.07) is 0.503. The monoisotopic (exact) mass is 257 g/mol. The van der Waals surface area contributed by atoms with E-state index >= 15 is 0 Å². The van der Waals surface area contributed by atoms with Gasteiger partial charge in [-0.15, -0.1) is 16.7 Å². The number of nitrogens with one attached hydrogen (secondary N) is 1. The van der Waals surface area contributed by atoms with Crippen molar-refractivity contribution in [2.24, 2.45) is 16.7 Å². The Bertz CT molecular complexity index is 386. The Morgan fingerprint density at radius 1 is 1.24 bits per heavy atom. The number of hydrogen-bond acceptors (Lipinski definition) is 4. The maximum absolute atomic E-state index is 5.61. The summed E-state index contributed by atoms with van der Waals surface area (Å²) < 4.78 is 5.42. The van der Waals surface area contributed by atoms with Gasteiger partial charge in [-0.2, -0.15) is 0 Å². The van der Waals surface area contributed by atoms with E-state index in [4.69, 9.17) is 16.0 Å². The second-order valence-electron chi connectivity index (χ2n) is 5.82. The lowest BCUT2D eigenvalue weighted by Crippen LogP contribution is -2.08. The molecule has 1 N–H and O–H groups in total. The van der Waals surface area contributed by atoms with Crippen LogP contribution in [0.5, 0.6) is 0 Å². The van der Waals surface area contributed by atoms with Gasteiger partial charge in [-0.1, -0.05) is 32.8 Å². The number of anilines is 1. The van der Waals surface area contributed by atoms with E-state index in [1.54, 1.807) is 0 Å². The standard InChI is InChI=1S/C12H20ClN3O/c1-11(2)8(12(11,3)4)7-14-10-16-15-9(17-10)5-6-13/h8H,5-7H2,1-4H3,(H,14,16). The van der Waals surface area contributed by atoms with Gasteiger partial charge in [0.2, 0.25) is 5.89 Å². The average molecular weight is 258 g/mol. The van der Waals surface area contributed by atoms with E-state index in [9.17, 15) is 0 Å². The van der Waals surface area contributed by atoms with Crippen molar-refractivity contribution in [2.75, 3.05) is 17.7 Å². The molecule has 1 fully saturated rings. The van der Waals surface area contributed by atoms with Crippen LogP contribution in [0.3, 0.4) is 0 Å². The van der Waals surface area contributed by atoms with Gasteiger partial charge < -0.3 is 9.73 Å². The van der Waals surface area contributed by atoms with Crippen LogP contribution in [-0.2, 0) is 6.42 Å². The number of rotatable bonds is 5. The average Bonchev–Trinajstić information content (AvgIpc) is 2.59. The molecule has 1 aromatic heterocycles. The zero-order valence-electron chi connectivity index (χ0n) is 10.9. The Labute approximate surface area is 107 Å². The molecule has 0 aliphatic heterocycles. The largest absolute Gasteiger partial charge is 0.408 e. The molecule has 0 atom stereocenters. The minimum atomic E-state index is 0.374. The molecule has 1 aliphatic rings. The van der Waals surface area contributed by atoms with Crippen molar-refractivity contribution in [2.45, 2.75) is 34.1 Å². The number of nitrogens with zero attached hydrogens (tertiary/aromatic N) is 2. The summed E-state index contributed by atoms with van der Waals surface area (Å²) in [6.07, 6.45) is 0.622. The van der Waals surface area contributed by atoms with E-state index in [2.05, 4.69) is 43.2 Å². The zero-order chi connectivity index (χ0) is 12.7. The topological polar surface area (TPSA) is 51.0 Å². The SMILES string of the molecule is CC1(C)C(CNc2nnc(CCCl)o2)C1(C)C. The van der Waals surface area contributed by atoms with Crippen LogP contribution in [-0.4, -0.2) is 22.6 Å². The van der Waals surface area contributed by atoms with Crippen molar-refractivity contribution in [1.82, 2.24) is 10.2 Å². The molecule has 0 amide bonds. The lowest BCUT2D eigenvalue weighted by atomic mass is 10.0. The molecular weight excluding hydrogens is 238 g/mol. The van der Waals surface area contributed by atoms with Gasteiger partial charge in [-0.3, -0.25) is 0 Å². The molecule has 0 saturated heterocycles. The normalized spacial score (nSPS) is 21.5. The maximum atomic E-state index is 5.61. The van der Waals surface area contributed by atoms with Crippen LogP contribution < -0.4 is 5.32 Å². The van der Waals surface area contributed by atoms with Crippen LogP contribution in [0.4, 0.5) is 6.01 Å². The van der Waals surface area contributed by atoms with Gasteiger partial charge in [-0.05, 0) is 16.7 Å². The van der Waals surface area contributed by atoms with Gasteiger partial charge in [0.15, 0.2) is 0 Å². The molecule has 1 aliphatic carbocycles. The van der Waals surface area contributed by atoms with Crippen molar-refractivity contribution >= 4 is 17.6 Å². The van der Waals surface area contributed by atoms with E-state index in [1.165, 1.54) is 0 Å². The first-order valence-corrected chi connectivity index (χ1v) is 6.55. The molecular formula is C12H20ClN3O. The highest BCUT2D eigenvalue weighted by Gasteiger charge is 2.64. The summed E-state index contributed by atoms with van der Waals surface area (Å²) in [6.45, 7) is 10.1. The molecule has 1 aromatic rings. The van der Waals surface area contributed by atoms with Gasteiger partial charge >= 0.3 is 6.01 Å². The minimum Gasteiger partial charge on any atom is -0.408 e. The van der Waals surface area contributed by atoms with Crippen molar-refractivity contribution in [3.8, 4) is 0 Å². The third-order valence-electron chi connectivity index (χ3n) is 4.55. The predicted molar refractivity (Wildman–Crippen MR) is 68.3 cm³/mol. The van der Waals surface area contributed by atoms with E-state index in [0.29, 0.717) is 41.0 Å². The Morgan fingerprint density at radius 3 is 2.41 bits per heavy atom. The highest BCUT2D eigenvalue weighted by Crippen LogP contribution is 2.68. The first-order chi connectivity index (χ1) is 7.89. The first-order valence-electron chi connectivity index (χ1n) is 6.02. The van der Waals surface area contributed by atoms with Crippen LogP contribution >= 0.6 is 11.6 Å². The number of aromatic nitrogens is 2.